The third kappa shape index (κ3) is 2.93. The Balaban J connectivity index is 0.00000180. The van der Waals surface area contributed by atoms with Crippen molar-refractivity contribution in [1.82, 2.24) is 4.90 Å². The number of phenolic OH excluding ortho intramolecular Hbond substituents is 1. The average molecular weight is 390 g/mol. The lowest BCUT2D eigenvalue weighted by atomic mass is 9.49. The Labute approximate surface area is 168 Å². The van der Waals surface area contributed by atoms with Crippen molar-refractivity contribution >= 4 is 18.2 Å². The number of ketones is 1. The molecule has 0 spiro atoms. The van der Waals surface area contributed by atoms with Gasteiger partial charge in [-0.25, -0.2) is 0 Å². The van der Waals surface area contributed by atoms with Crippen LogP contribution in [0, 0.1) is 17.8 Å². The van der Waals surface area contributed by atoms with Crippen molar-refractivity contribution in [2.45, 2.75) is 69.7 Å². The monoisotopic (exact) mass is 389 g/mol. The van der Waals surface area contributed by atoms with E-state index < -0.39 is 0 Å². The third-order valence-corrected chi connectivity index (χ3v) is 8.18. The standard InChI is InChI=1S/C23H31NO2.ClH/c1-2-16-10-19(26)13-23-8-9-24(14-15-4-3-5-15)21(22(16)23)11-17-6-7-18(25)12-20(17)23;/h6-7,12,15-16,21-22,25H,2-5,8-11,13-14H2,1H3;1H/t16-,21?,22?,23?;/m0./s1. The van der Waals surface area contributed by atoms with Crippen molar-refractivity contribution in [2.75, 3.05) is 13.1 Å². The molecule has 27 heavy (non-hydrogen) atoms. The van der Waals surface area contributed by atoms with Gasteiger partial charge in [-0.3, -0.25) is 9.69 Å². The number of halogens is 1. The van der Waals surface area contributed by atoms with Gasteiger partial charge in [0.15, 0.2) is 0 Å². The SMILES string of the molecule is CC[C@H]1CC(=O)CC23CCN(CC4CCC4)C(Cc4ccc(O)cc42)C13.Cl. The number of phenols is 1. The number of carbonyl (C=O) groups is 1. The van der Waals surface area contributed by atoms with Gasteiger partial charge in [-0.1, -0.05) is 25.8 Å². The first-order chi connectivity index (χ1) is 12.6. The molecule has 1 aliphatic heterocycles. The molecule has 0 aromatic heterocycles. The van der Waals surface area contributed by atoms with Gasteiger partial charge in [0, 0.05) is 30.8 Å². The summed E-state index contributed by atoms with van der Waals surface area (Å²) in [6.07, 6.45) is 8.95. The molecule has 2 saturated carbocycles. The third-order valence-electron chi connectivity index (χ3n) is 8.18. The predicted molar refractivity (Wildman–Crippen MR) is 110 cm³/mol. The summed E-state index contributed by atoms with van der Waals surface area (Å²) < 4.78 is 0. The van der Waals surface area contributed by atoms with Crippen molar-refractivity contribution in [3.05, 3.63) is 29.3 Å². The second kappa shape index (κ2) is 7.08. The lowest BCUT2D eigenvalue weighted by molar-refractivity contribution is -0.132. The van der Waals surface area contributed by atoms with Crippen molar-refractivity contribution in [1.29, 1.82) is 0 Å². The minimum Gasteiger partial charge on any atom is -0.508 e. The number of likely N-dealkylation sites (tertiary alicyclic amines) is 1. The van der Waals surface area contributed by atoms with Crippen molar-refractivity contribution in [3.8, 4) is 5.75 Å². The molecular weight excluding hydrogens is 358 g/mol. The number of piperidine rings is 1. The summed E-state index contributed by atoms with van der Waals surface area (Å²) in [5, 5.41) is 10.2. The molecule has 0 radical (unpaired) electrons. The van der Waals surface area contributed by atoms with Crippen LogP contribution in [0.15, 0.2) is 18.2 Å². The number of rotatable bonds is 3. The van der Waals surface area contributed by atoms with Crippen LogP contribution in [0.1, 0.15) is 63.0 Å². The fourth-order valence-electron chi connectivity index (χ4n) is 6.81. The number of carbonyl (C=O) groups excluding carboxylic acids is 1. The van der Waals surface area contributed by atoms with Crippen LogP contribution in [-0.2, 0) is 16.6 Å². The Morgan fingerprint density at radius 3 is 2.78 bits per heavy atom. The summed E-state index contributed by atoms with van der Waals surface area (Å²) in [5.74, 6) is 2.78. The molecule has 3 fully saturated rings. The second-order valence-corrected chi connectivity index (χ2v) is 9.42. The average Bonchev–Trinajstić information content (AvgIpc) is 2.59. The van der Waals surface area contributed by atoms with E-state index in [0.29, 0.717) is 35.8 Å². The van der Waals surface area contributed by atoms with E-state index in [9.17, 15) is 9.90 Å². The summed E-state index contributed by atoms with van der Waals surface area (Å²) in [6.45, 7) is 4.65. The minimum absolute atomic E-state index is 0. The molecule has 4 heteroatoms. The Morgan fingerprint density at radius 2 is 2.07 bits per heavy atom. The van der Waals surface area contributed by atoms with Crippen LogP contribution in [0.5, 0.6) is 5.75 Å². The van der Waals surface area contributed by atoms with Crippen molar-refractivity contribution in [2.24, 2.45) is 17.8 Å². The molecule has 1 aromatic rings. The van der Waals surface area contributed by atoms with Crippen LogP contribution in [0.2, 0.25) is 0 Å². The lowest BCUT2D eigenvalue weighted by Gasteiger charge is -2.61. The first kappa shape index (κ1) is 19.3. The van der Waals surface area contributed by atoms with Crippen LogP contribution in [0.3, 0.4) is 0 Å². The molecule has 3 aliphatic carbocycles. The fraction of sp³-hybridized carbons (Fsp3) is 0.696. The van der Waals surface area contributed by atoms with Gasteiger partial charge in [0.1, 0.15) is 11.5 Å². The summed E-state index contributed by atoms with van der Waals surface area (Å²) >= 11 is 0. The van der Waals surface area contributed by atoms with Crippen molar-refractivity contribution < 1.29 is 9.90 Å². The van der Waals surface area contributed by atoms with Gasteiger partial charge in [-0.05, 0) is 73.2 Å². The summed E-state index contributed by atoms with van der Waals surface area (Å²) in [4.78, 5) is 15.5. The predicted octanol–water partition coefficient (Wildman–Crippen LogP) is 4.49. The number of hydrogen-bond acceptors (Lipinski definition) is 3. The Kier molecular flexibility index (Phi) is 5.05. The summed E-state index contributed by atoms with van der Waals surface area (Å²) in [7, 11) is 0. The highest BCUT2D eigenvalue weighted by molar-refractivity contribution is 5.85. The highest BCUT2D eigenvalue weighted by atomic mass is 35.5. The number of fused-ring (bicyclic) bond motifs is 1. The lowest BCUT2D eigenvalue weighted by Crippen LogP contribution is -2.64. The zero-order valence-corrected chi connectivity index (χ0v) is 17.1. The van der Waals surface area contributed by atoms with E-state index in [4.69, 9.17) is 0 Å². The first-order valence-corrected chi connectivity index (χ1v) is 10.7. The maximum Gasteiger partial charge on any atom is 0.134 e. The number of aromatic hydroxyl groups is 1. The summed E-state index contributed by atoms with van der Waals surface area (Å²) in [6, 6.07) is 6.54. The van der Waals surface area contributed by atoms with Gasteiger partial charge in [-0.2, -0.15) is 0 Å². The number of nitrogens with zero attached hydrogens (tertiary/aromatic N) is 1. The molecule has 1 aromatic carbocycles. The topological polar surface area (TPSA) is 40.5 Å². The molecule has 1 N–H and O–H groups in total. The summed E-state index contributed by atoms with van der Waals surface area (Å²) in [5.41, 5.74) is 2.66. The molecule has 4 atom stereocenters. The van der Waals surface area contributed by atoms with Crippen LogP contribution >= 0.6 is 12.4 Å². The first-order valence-electron chi connectivity index (χ1n) is 10.7. The van der Waals surface area contributed by atoms with E-state index >= 15 is 0 Å². The molecular formula is C23H32ClNO2. The molecule has 5 rings (SSSR count). The number of Topliss-reactive ketones (excluding diaryl/α,β-unsaturated/α-hetero) is 1. The van der Waals surface area contributed by atoms with Gasteiger partial charge in [-0.15, -0.1) is 12.4 Å². The largest absolute Gasteiger partial charge is 0.508 e. The Bertz CT molecular complexity index is 731. The van der Waals surface area contributed by atoms with Gasteiger partial charge in [0.2, 0.25) is 0 Å². The van der Waals surface area contributed by atoms with Crippen LogP contribution in [-0.4, -0.2) is 34.9 Å². The zero-order valence-electron chi connectivity index (χ0n) is 16.3. The maximum absolute atomic E-state index is 12.7. The van der Waals surface area contributed by atoms with E-state index in [1.54, 1.807) is 0 Å². The van der Waals surface area contributed by atoms with E-state index in [1.165, 1.54) is 36.9 Å². The normalized spacial score (nSPS) is 35.6. The van der Waals surface area contributed by atoms with E-state index in [0.717, 1.165) is 38.1 Å². The van der Waals surface area contributed by atoms with Crippen LogP contribution in [0.25, 0.3) is 0 Å². The van der Waals surface area contributed by atoms with Crippen LogP contribution < -0.4 is 0 Å². The van der Waals surface area contributed by atoms with Gasteiger partial charge >= 0.3 is 0 Å². The Hall–Kier alpha value is -1.06. The van der Waals surface area contributed by atoms with E-state index in [2.05, 4.69) is 17.9 Å². The molecule has 3 nitrogen and oxygen atoms in total. The second-order valence-electron chi connectivity index (χ2n) is 9.42. The molecule has 1 saturated heterocycles. The Morgan fingerprint density at radius 1 is 1.26 bits per heavy atom. The maximum atomic E-state index is 12.7. The van der Waals surface area contributed by atoms with Crippen molar-refractivity contribution in [3.63, 3.8) is 0 Å². The van der Waals surface area contributed by atoms with Gasteiger partial charge in [0.25, 0.3) is 0 Å². The van der Waals surface area contributed by atoms with Crippen LogP contribution in [0.4, 0.5) is 0 Å². The zero-order chi connectivity index (χ0) is 17.9. The molecule has 1 heterocycles. The highest BCUT2D eigenvalue weighted by Gasteiger charge is 2.58. The quantitative estimate of drug-likeness (QED) is 0.828. The minimum atomic E-state index is -0.0247. The van der Waals surface area contributed by atoms with Gasteiger partial charge in [0.05, 0.1) is 0 Å². The van der Waals surface area contributed by atoms with Gasteiger partial charge < -0.3 is 5.11 Å². The molecule has 148 valence electrons. The van der Waals surface area contributed by atoms with E-state index in [-0.39, 0.29) is 17.8 Å². The number of hydrogen-bond donors (Lipinski definition) is 1. The molecule has 4 aliphatic rings. The highest BCUT2D eigenvalue weighted by Crippen LogP contribution is 2.58. The molecule has 3 unspecified atom stereocenters. The smallest absolute Gasteiger partial charge is 0.134 e. The fourth-order valence-corrected chi connectivity index (χ4v) is 6.81. The molecule has 2 bridgehead atoms. The molecule has 0 amide bonds. The number of benzene rings is 1. The van der Waals surface area contributed by atoms with E-state index in [1.807, 2.05) is 12.1 Å².